The van der Waals surface area contributed by atoms with Crippen molar-refractivity contribution >= 4 is 34.9 Å². The molecule has 0 radical (unpaired) electrons. The Morgan fingerprint density at radius 3 is 2.21 bits per heavy atom. The molecular weight excluding hydrogens is 396 g/mol. The quantitative estimate of drug-likeness (QED) is 0.726. The van der Waals surface area contributed by atoms with Crippen LogP contribution in [0.2, 0.25) is 4.34 Å². The number of hydrogen-bond donors (Lipinski definition) is 0. The molecule has 6 nitrogen and oxygen atoms in total. The van der Waals surface area contributed by atoms with Crippen LogP contribution in [0.15, 0.2) is 12.1 Å². The van der Waals surface area contributed by atoms with E-state index in [9.17, 15) is 9.59 Å². The molecule has 8 heteroatoms. The third-order valence-corrected chi connectivity index (χ3v) is 7.06. The van der Waals surface area contributed by atoms with Crippen molar-refractivity contribution in [3.8, 4) is 0 Å². The molecule has 28 heavy (non-hydrogen) atoms. The van der Waals surface area contributed by atoms with Crippen LogP contribution < -0.4 is 0 Å². The van der Waals surface area contributed by atoms with E-state index in [2.05, 4.69) is 11.0 Å². The highest BCUT2D eigenvalue weighted by Gasteiger charge is 2.32. The summed E-state index contributed by atoms with van der Waals surface area (Å²) < 4.78 is 0.828. The van der Waals surface area contributed by atoms with E-state index < -0.39 is 0 Å². The van der Waals surface area contributed by atoms with E-state index in [1.165, 1.54) is 4.88 Å². The van der Waals surface area contributed by atoms with Crippen molar-refractivity contribution < 1.29 is 9.59 Å². The summed E-state index contributed by atoms with van der Waals surface area (Å²) in [5, 5.41) is 0. The zero-order valence-corrected chi connectivity index (χ0v) is 18.5. The first-order valence-corrected chi connectivity index (χ1v) is 11.5. The van der Waals surface area contributed by atoms with Gasteiger partial charge in [-0.2, -0.15) is 0 Å². The van der Waals surface area contributed by atoms with E-state index in [-0.39, 0.29) is 17.9 Å². The molecule has 0 N–H and O–H groups in total. The molecule has 3 rings (SSSR count). The van der Waals surface area contributed by atoms with E-state index in [4.69, 9.17) is 11.6 Å². The summed E-state index contributed by atoms with van der Waals surface area (Å²) in [6.07, 6.45) is 1.56. The van der Waals surface area contributed by atoms with Crippen LogP contribution in [0.5, 0.6) is 0 Å². The number of thiophene rings is 1. The predicted molar refractivity (Wildman–Crippen MR) is 114 cm³/mol. The number of carbonyl (C=O) groups excluding carboxylic acids is 2. The minimum Gasteiger partial charge on any atom is -0.340 e. The Kier molecular flexibility index (Phi) is 7.60. The summed E-state index contributed by atoms with van der Waals surface area (Å²) in [6.45, 7) is 11.1. The molecule has 3 heterocycles. The van der Waals surface area contributed by atoms with Crippen LogP contribution in [0.4, 0.5) is 4.79 Å². The Bertz CT molecular complexity index is 663. The van der Waals surface area contributed by atoms with Gasteiger partial charge in [0.1, 0.15) is 0 Å². The summed E-state index contributed by atoms with van der Waals surface area (Å²) in [7, 11) is 0. The first-order valence-electron chi connectivity index (χ1n) is 10.3. The minimum atomic E-state index is 0.0587. The number of piperidine rings is 1. The van der Waals surface area contributed by atoms with Gasteiger partial charge < -0.3 is 14.7 Å². The molecule has 1 aromatic heterocycles. The van der Waals surface area contributed by atoms with E-state index in [1.54, 1.807) is 11.3 Å². The zero-order chi connectivity index (χ0) is 20.1. The molecular formula is C20H31ClN4O2S. The summed E-state index contributed by atoms with van der Waals surface area (Å²) in [5.41, 5.74) is 0. The Labute approximate surface area is 177 Å². The number of carbonyl (C=O) groups is 2. The second kappa shape index (κ2) is 9.94. The van der Waals surface area contributed by atoms with Gasteiger partial charge in [0.15, 0.2) is 0 Å². The summed E-state index contributed by atoms with van der Waals surface area (Å²) in [5.74, 6) is 0.331. The molecule has 2 aliphatic heterocycles. The van der Waals surface area contributed by atoms with Crippen molar-refractivity contribution in [3.05, 3.63) is 21.3 Å². The minimum absolute atomic E-state index is 0.0587. The number of nitrogens with zero attached hydrogens (tertiary/aromatic N) is 4. The highest BCUT2D eigenvalue weighted by Crippen LogP contribution is 2.24. The molecule has 0 saturated carbocycles. The van der Waals surface area contributed by atoms with Gasteiger partial charge in [-0.15, -0.1) is 11.3 Å². The number of halogens is 1. The first kappa shape index (κ1) is 21.4. The van der Waals surface area contributed by atoms with Crippen LogP contribution in [0.25, 0.3) is 0 Å². The van der Waals surface area contributed by atoms with Crippen molar-refractivity contribution in [1.82, 2.24) is 19.6 Å². The molecule has 0 atom stereocenters. The third kappa shape index (κ3) is 5.19. The number of urea groups is 1. The number of piperazine rings is 1. The van der Waals surface area contributed by atoms with Gasteiger partial charge >= 0.3 is 6.03 Å². The Balaban J connectivity index is 1.43. The monoisotopic (exact) mass is 426 g/mol. The average Bonchev–Trinajstić information content (AvgIpc) is 3.13. The molecule has 0 unspecified atom stereocenters. The second-order valence-electron chi connectivity index (χ2n) is 7.52. The number of likely N-dealkylation sites (tertiary alicyclic amines) is 1. The number of rotatable bonds is 5. The first-order chi connectivity index (χ1) is 13.5. The van der Waals surface area contributed by atoms with Crippen molar-refractivity contribution in [1.29, 1.82) is 0 Å². The zero-order valence-electron chi connectivity index (χ0n) is 16.9. The molecule has 0 spiro atoms. The lowest BCUT2D eigenvalue weighted by Gasteiger charge is -2.39. The van der Waals surface area contributed by atoms with Crippen LogP contribution in [-0.4, -0.2) is 83.9 Å². The van der Waals surface area contributed by atoms with Crippen LogP contribution in [0.1, 0.15) is 31.6 Å². The maximum Gasteiger partial charge on any atom is 0.319 e. The smallest absolute Gasteiger partial charge is 0.319 e. The standard InChI is InChI=1S/C20H31ClN4O2S/c1-3-23(4-2)20(27)25-9-7-16(8-10-25)19(26)24-13-11-22(12-14-24)15-17-5-6-18(21)28-17/h5-6,16H,3-4,7-15H2,1-2H3. The van der Waals surface area contributed by atoms with Crippen molar-refractivity contribution in [3.63, 3.8) is 0 Å². The lowest BCUT2D eigenvalue weighted by Crippen LogP contribution is -2.52. The normalized spacial score (nSPS) is 19.1. The summed E-state index contributed by atoms with van der Waals surface area (Å²) in [6, 6.07) is 4.13. The van der Waals surface area contributed by atoms with Crippen LogP contribution >= 0.6 is 22.9 Å². The van der Waals surface area contributed by atoms with Gasteiger partial charge in [0, 0.05) is 69.7 Å². The van der Waals surface area contributed by atoms with Crippen LogP contribution in [0, 0.1) is 5.92 Å². The van der Waals surface area contributed by atoms with Crippen molar-refractivity contribution in [2.45, 2.75) is 33.2 Å². The maximum absolute atomic E-state index is 12.9. The average molecular weight is 427 g/mol. The summed E-state index contributed by atoms with van der Waals surface area (Å²) in [4.78, 5) is 34.8. The van der Waals surface area contributed by atoms with E-state index in [0.29, 0.717) is 13.1 Å². The largest absolute Gasteiger partial charge is 0.340 e. The van der Waals surface area contributed by atoms with Gasteiger partial charge in [-0.3, -0.25) is 9.69 Å². The molecule has 156 valence electrons. The Hall–Kier alpha value is -1.31. The van der Waals surface area contributed by atoms with Crippen molar-refractivity contribution in [2.75, 3.05) is 52.4 Å². The Morgan fingerprint density at radius 2 is 1.68 bits per heavy atom. The molecule has 2 fully saturated rings. The van der Waals surface area contributed by atoms with E-state index >= 15 is 0 Å². The highest BCUT2D eigenvalue weighted by molar-refractivity contribution is 7.16. The maximum atomic E-state index is 12.9. The van der Waals surface area contributed by atoms with Crippen LogP contribution in [0.3, 0.4) is 0 Å². The van der Waals surface area contributed by atoms with Gasteiger partial charge in [0.25, 0.3) is 0 Å². The molecule has 2 aliphatic rings. The van der Waals surface area contributed by atoms with Gasteiger partial charge in [0.05, 0.1) is 4.34 Å². The lowest BCUT2D eigenvalue weighted by atomic mass is 9.95. The molecule has 2 saturated heterocycles. The van der Waals surface area contributed by atoms with E-state index in [0.717, 1.165) is 63.0 Å². The molecule has 3 amide bonds. The van der Waals surface area contributed by atoms with Gasteiger partial charge in [-0.25, -0.2) is 4.79 Å². The van der Waals surface area contributed by atoms with Gasteiger partial charge in [-0.05, 0) is 38.8 Å². The SMILES string of the molecule is CCN(CC)C(=O)N1CCC(C(=O)N2CCN(Cc3ccc(Cl)s3)CC2)CC1. The second-order valence-corrected chi connectivity index (χ2v) is 9.32. The van der Waals surface area contributed by atoms with E-state index in [1.807, 2.05) is 34.6 Å². The van der Waals surface area contributed by atoms with Crippen LogP contribution in [-0.2, 0) is 11.3 Å². The van der Waals surface area contributed by atoms with Gasteiger partial charge in [0.2, 0.25) is 5.91 Å². The molecule has 0 aromatic carbocycles. The van der Waals surface area contributed by atoms with Gasteiger partial charge in [-0.1, -0.05) is 11.6 Å². The van der Waals surface area contributed by atoms with Crippen molar-refractivity contribution in [2.24, 2.45) is 5.92 Å². The number of amides is 3. The predicted octanol–water partition coefficient (Wildman–Crippen LogP) is 3.22. The highest BCUT2D eigenvalue weighted by atomic mass is 35.5. The summed E-state index contributed by atoms with van der Waals surface area (Å²) >= 11 is 7.64. The fourth-order valence-corrected chi connectivity index (χ4v) is 5.18. The number of hydrogen-bond acceptors (Lipinski definition) is 4. The fraction of sp³-hybridized carbons (Fsp3) is 0.700. The fourth-order valence-electron chi connectivity index (χ4n) is 4.05. The molecule has 1 aromatic rings. The third-order valence-electron chi connectivity index (χ3n) is 5.84. The topological polar surface area (TPSA) is 47.1 Å². The lowest BCUT2D eigenvalue weighted by molar-refractivity contribution is -0.138. The molecule has 0 aliphatic carbocycles. The molecule has 0 bridgehead atoms. The Morgan fingerprint density at radius 1 is 1.04 bits per heavy atom.